The normalized spacial score (nSPS) is 11.5. The summed E-state index contributed by atoms with van der Waals surface area (Å²) in [6.07, 6.45) is 2.31. The van der Waals surface area contributed by atoms with E-state index in [0.717, 1.165) is 6.42 Å². The van der Waals surface area contributed by atoms with Crippen molar-refractivity contribution in [2.75, 3.05) is 0 Å². The van der Waals surface area contributed by atoms with Crippen molar-refractivity contribution in [2.45, 2.75) is 32.8 Å². The van der Waals surface area contributed by atoms with Gasteiger partial charge in [-0.05, 0) is 42.3 Å². The van der Waals surface area contributed by atoms with Gasteiger partial charge >= 0.3 is 0 Å². The molecule has 1 heterocycles. The number of aromatic nitrogens is 1. The largest absolute Gasteiger partial charge is 0.470 e. The molecule has 0 saturated carbocycles. The molecule has 14 heavy (non-hydrogen) atoms. The Kier molecular flexibility index (Phi) is 3.48. The summed E-state index contributed by atoms with van der Waals surface area (Å²) in [5.74, 6) is -0.388. The molecule has 2 nitrogen and oxygen atoms in total. The summed E-state index contributed by atoms with van der Waals surface area (Å²) in [6, 6.07) is 1.34. The molecule has 78 valence electrons. The van der Waals surface area contributed by atoms with E-state index < -0.39 is 5.82 Å². The van der Waals surface area contributed by atoms with Crippen LogP contribution in [0.1, 0.15) is 27.2 Å². The highest BCUT2D eigenvalue weighted by molar-refractivity contribution is 9.10. The Labute approximate surface area is 91.6 Å². The Balaban J connectivity index is 2.87. The topological polar surface area (TPSA) is 22.1 Å². The molecule has 0 N–H and O–H groups in total. The van der Waals surface area contributed by atoms with Gasteiger partial charge in [0.25, 0.3) is 5.88 Å². The van der Waals surface area contributed by atoms with Gasteiger partial charge in [0.15, 0.2) is 5.82 Å². The molecule has 0 saturated heterocycles. The van der Waals surface area contributed by atoms with Gasteiger partial charge in [0.2, 0.25) is 0 Å². The average molecular weight is 262 g/mol. The Morgan fingerprint density at radius 3 is 2.71 bits per heavy atom. The lowest BCUT2D eigenvalue weighted by Crippen LogP contribution is -2.27. The predicted molar refractivity (Wildman–Crippen MR) is 56.9 cm³/mol. The van der Waals surface area contributed by atoms with Crippen LogP contribution in [-0.2, 0) is 0 Å². The lowest BCUT2D eigenvalue weighted by Gasteiger charge is -2.24. The molecule has 0 spiro atoms. The maximum Gasteiger partial charge on any atom is 0.250 e. The molecule has 0 unspecified atom stereocenters. The molecule has 0 bridgehead atoms. The third-order valence-electron chi connectivity index (χ3n) is 2.00. The van der Waals surface area contributed by atoms with Gasteiger partial charge in [-0.1, -0.05) is 6.92 Å². The SMILES string of the molecule is CCC(C)(C)Oc1ncc(Br)cc1F. The van der Waals surface area contributed by atoms with E-state index in [1.807, 2.05) is 20.8 Å². The summed E-state index contributed by atoms with van der Waals surface area (Å²) in [7, 11) is 0. The van der Waals surface area contributed by atoms with Gasteiger partial charge < -0.3 is 4.74 Å². The number of ether oxygens (including phenoxy) is 1. The highest BCUT2D eigenvalue weighted by Crippen LogP contribution is 2.23. The van der Waals surface area contributed by atoms with Crippen molar-refractivity contribution in [3.63, 3.8) is 0 Å². The van der Waals surface area contributed by atoms with Crippen molar-refractivity contribution in [1.29, 1.82) is 0 Å². The molecule has 1 aromatic heterocycles. The summed E-state index contributed by atoms with van der Waals surface area (Å²) < 4.78 is 19.3. The van der Waals surface area contributed by atoms with E-state index in [2.05, 4.69) is 20.9 Å². The van der Waals surface area contributed by atoms with Crippen molar-refractivity contribution >= 4 is 15.9 Å². The van der Waals surface area contributed by atoms with Crippen LogP contribution in [0.4, 0.5) is 4.39 Å². The Morgan fingerprint density at radius 1 is 1.57 bits per heavy atom. The summed E-state index contributed by atoms with van der Waals surface area (Å²) in [5.41, 5.74) is -0.387. The van der Waals surface area contributed by atoms with Crippen LogP contribution in [0.3, 0.4) is 0 Å². The maximum absolute atomic E-state index is 13.3. The monoisotopic (exact) mass is 261 g/mol. The number of pyridine rings is 1. The highest BCUT2D eigenvalue weighted by Gasteiger charge is 2.19. The summed E-state index contributed by atoms with van der Waals surface area (Å²) in [4.78, 5) is 3.87. The van der Waals surface area contributed by atoms with Gasteiger partial charge in [0.1, 0.15) is 5.60 Å². The van der Waals surface area contributed by atoms with Gasteiger partial charge in [-0.2, -0.15) is 0 Å². The van der Waals surface area contributed by atoms with Gasteiger partial charge in [-0.25, -0.2) is 9.37 Å². The van der Waals surface area contributed by atoms with Gasteiger partial charge in [0.05, 0.1) is 0 Å². The molecule has 0 fully saturated rings. The minimum atomic E-state index is -0.444. The molecule has 0 radical (unpaired) electrons. The third-order valence-corrected chi connectivity index (χ3v) is 2.43. The zero-order chi connectivity index (χ0) is 10.8. The summed E-state index contributed by atoms with van der Waals surface area (Å²) in [5, 5.41) is 0. The molecule has 0 aromatic carbocycles. The first kappa shape index (κ1) is 11.4. The Bertz CT molecular complexity index is 328. The second-order valence-electron chi connectivity index (χ2n) is 3.66. The number of rotatable bonds is 3. The number of nitrogens with zero attached hydrogens (tertiary/aromatic N) is 1. The second kappa shape index (κ2) is 4.26. The number of halogens is 2. The van der Waals surface area contributed by atoms with Gasteiger partial charge in [-0.3, -0.25) is 0 Å². The van der Waals surface area contributed by atoms with E-state index in [9.17, 15) is 4.39 Å². The molecule has 0 aliphatic heterocycles. The highest BCUT2D eigenvalue weighted by atomic mass is 79.9. The van der Waals surface area contributed by atoms with Gasteiger partial charge in [0, 0.05) is 10.7 Å². The van der Waals surface area contributed by atoms with Crippen molar-refractivity contribution in [3.8, 4) is 5.88 Å². The second-order valence-corrected chi connectivity index (χ2v) is 4.57. The first-order chi connectivity index (χ1) is 6.44. The zero-order valence-electron chi connectivity index (χ0n) is 8.47. The van der Waals surface area contributed by atoms with Crippen LogP contribution >= 0.6 is 15.9 Å². The van der Waals surface area contributed by atoms with Gasteiger partial charge in [-0.15, -0.1) is 0 Å². The molecule has 0 aliphatic rings. The quantitative estimate of drug-likeness (QED) is 0.831. The van der Waals surface area contributed by atoms with E-state index in [1.54, 1.807) is 0 Å². The molecule has 4 heteroatoms. The maximum atomic E-state index is 13.3. The number of hydrogen-bond acceptors (Lipinski definition) is 2. The molecule has 0 amide bonds. The molecule has 1 rings (SSSR count). The predicted octanol–water partition coefficient (Wildman–Crippen LogP) is 3.55. The Morgan fingerprint density at radius 2 is 2.21 bits per heavy atom. The first-order valence-corrected chi connectivity index (χ1v) is 5.24. The van der Waals surface area contributed by atoms with Crippen LogP contribution < -0.4 is 4.74 Å². The zero-order valence-corrected chi connectivity index (χ0v) is 10.1. The fourth-order valence-corrected chi connectivity index (χ4v) is 1.11. The van der Waals surface area contributed by atoms with E-state index in [4.69, 9.17) is 4.74 Å². The molecule has 0 atom stereocenters. The van der Waals surface area contributed by atoms with Crippen LogP contribution in [0.5, 0.6) is 5.88 Å². The van der Waals surface area contributed by atoms with E-state index in [1.165, 1.54) is 12.3 Å². The Hall–Kier alpha value is -0.640. The van der Waals surface area contributed by atoms with E-state index >= 15 is 0 Å². The minimum absolute atomic E-state index is 0.0556. The average Bonchev–Trinajstić information content (AvgIpc) is 2.10. The lowest BCUT2D eigenvalue weighted by molar-refractivity contribution is 0.0929. The molecule has 0 aliphatic carbocycles. The molecule has 1 aromatic rings. The minimum Gasteiger partial charge on any atom is -0.470 e. The van der Waals surface area contributed by atoms with Crippen molar-refractivity contribution in [2.24, 2.45) is 0 Å². The smallest absolute Gasteiger partial charge is 0.250 e. The fourth-order valence-electron chi connectivity index (χ4n) is 0.811. The molecular weight excluding hydrogens is 249 g/mol. The first-order valence-electron chi connectivity index (χ1n) is 4.44. The summed E-state index contributed by atoms with van der Waals surface area (Å²) in [6.45, 7) is 5.78. The van der Waals surface area contributed by atoms with Crippen molar-refractivity contribution in [3.05, 3.63) is 22.6 Å². The third kappa shape index (κ3) is 2.94. The van der Waals surface area contributed by atoms with Crippen LogP contribution in [0, 0.1) is 5.82 Å². The summed E-state index contributed by atoms with van der Waals surface area (Å²) >= 11 is 3.13. The van der Waals surface area contributed by atoms with Crippen molar-refractivity contribution in [1.82, 2.24) is 4.98 Å². The van der Waals surface area contributed by atoms with Crippen molar-refractivity contribution < 1.29 is 9.13 Å². The van der Waals surface area contributed by atoms with Crippen LogP contribution in [0.2, 0.25) is 0 Å². The van der Waals surface area contributed by atoms with Crippen LogP contribution in [0.25, 0.3) is 0 Å². The van der Waals surface area contributed by atoms with Crippen LogP contribution in [-0.4, -0.2) is 10.6 Å². The lowest BCUT2D eigenvalue weighted by atomic mass is 10.1. The van der Waals surface area contributed by atoms with Crippen LogP contribution in [0.15, 0.2) is 16.7 Å². The van der Waals surface area contributed by atoms with E-state index in [-0.39, 0.29) is 11.5 Å². The molecular formula is C10H13BrFNO. The standard InChI is InChI=1S/C10H13BrFNO/c1-4-10(2,3)14-9-8(12)5-7(11)6-13-9/h5-6H,4H2,1-3H3. The number of hydrogen-bond donors (Lipinski definition) is 0. The fraction of sp³-hybridized carbons (Fsp3) is 0.500. The van der Waals surface area contributed by atoms with E-state index in [0.29, 0.717) is 4.47 Å².